The lowest BCUT2D eigenvalue weighted by molar-refractivity contribution is 0.168. The van der Waals surface area contributed by atoms with E-state index in [-0.39, 0.29) is 5.41 Å². The van der Waals surface area contributed by atoms with Gasteiger partial charge in [-0.05, 0) is 36.3 Å². The van der Waals surface area contributed by atoms with E-state index in [0.29, 0.717) is 12.0 Å². The summed E-state index contributed by atoms with van der Waals surface area (Å²) in [5.41, 5.74) is 0.842. The molecule has 3 heteroatoms. The third kappa shape index (κ3) is 2.22. The van der Waals surface area contributed by atoms with Crippen LogP contribution in [-0.4, -0.2) is 5.33 Å². The molecule has 1 fully saturated rings. The molecule has 1 aromatic rings. The third-order valence-corrected chi connectivity index (χ3v) is 4.47. The lowest BCUT2D eigenvalue weighted by atomic mass is 9.67. The Morgan fingerprint density at radius 3 is 2.47 bits per heavy atom. The minimum absolute atomic E-state index is 0.207. The standard InChI is InChI=1S/C12H13BrF2/c13-8-12(4-1-5-12)7-9-2-3-10(14)6-11(9)15/h2-3,6H,1,4-5,7-8H2. The Hall–Kier alpha value is -0.440. The van der Waals surface area contributed by atoms with Crippen molar-refractivity contribution in [3.63, 3.8) is 0 Å². The average Bonchev–Trinajstić information content (AvgIpc) is 2.14. The molecule has 0 radical (unpaired) electrons. The summed E-state index contributed by atoms with van der Waals surface area (Å²) in [7, 11) is 0. The molecule has 0 atom stereocenters. The van der Waals surface area contributed by atoms with Gasteiger partial charge in [0, 0.05) is 11.4 Å². The minimum Gasteiger partial charge on any atom is -0.207 e. The molecule has 0 N–H and O–H groups in total. The van der Waals surface area contributed by atoms with Gasteiger partial charge >= 0.3 is 0 Å². The SMILES string of the molecule is Fc1ccc(CC2(CBr)CCC2)c(F)c1. The van der Waals surface area contributed by atoms with E-state index in [2.05, 4.69) is 15.9 Å². The van der Waals surface area contributed by atoms with Crippen LogP contribution in [0.4, 0.5) is 8.78 Å². The normalized spacial score (nSPS) is 18.6. The van der Waals surface area contributed by atoms with E-state index in [9.17, 15) is 8.78 Å². The molecule has 1 saturated carbocycles. The van der Waals surface area contributed by atoms with Gasteiger partial charge in [-0.15, -0.1) is 0 Å². The van der Waals surface area contributed by atoms with Crippen molar-refractivity contribution in [1.82, 2.24) is 0 Å². The molecular formula is C12H13BrF2. The van der Waals surface area contributed by atoms with Crippen molar-refractivity contribution in [1.29, 1.82) is 0 Å². The Balaban J connectivity index is 2.16. The molecule has 2 rings (SSSR count). The van der Waals surface area contributed by atoms with Gasteiger partial charge in [-0.3, -0.25) is 0 Å². The third-order valence-electron chi connectivity index (χ3n) is 3.28. The number of halogens is 3. The first kappa shape index (κ1) is 11.1. The maximum atomic E-state index is 13.4. The molecule has 0 aliphatic heterocycles. The maximum absolute atomic E-state index is 13.4. The van der Waals surface area contributed by atoms with Crippen LogP contribution >= 0.6 is 15.9 Å². The average molecular weight is 275 g/mol. The van der Waals surface area contributed by atoms with Gasteiger partial charge in [0.15, 0.2) is 0 Å². The second kappa shape index (κ2) is 4.20. The number of benzene rings is 1. The number of rotatable bonds is 3. The summed E-state index contributed by atoms with van der Waals surface area (Å²) in [5, 5.41) is 0.900. The Morgan fingerprint density at radius 2 is 2.00 bits per heavy atom. The Kier molecular flexibility index (Phi) is 3.10. The van der Waals surface area contributed by atoms with Crippen LogP contribution in [0.25, 0.3) is 0 Å². The molecule has 0 heterocycles. The van der Waals surface area contributed by atoms with Gasteiger partial charge in [0.05, 0.1) is 0 Å². The lowest BCUT2D eigenvalue weighted by Crippen LogP contribution is -2.33. The first-order valence-corrected chi connectivity index (χ1v) is 6.27. The summed E-state index contributed by atoms with van der Waals surface area (Å²) in [6.45, 7) is 0. The van der Waals surface area contributed by atoms with E-state index in [4.69, 9.17) is 0 Å². The van der Waals surface area contributed by atoms with Gasteiger partial charge in [-0.2, -0.15) is 0 Å². The van der Waals surface area contributed by atoms with E-state index >= 15 is 0 Å². The molecule has 0 unspecified atom stereocenters. The molecule has 1 aromatic carbocycles. The van der Waals surface area contributed by atoms with Crippen molar-refractivity contribution >= 4 is 15.9 Å². The summed E-state index contributed by atoms with van der Waals surface area (Å²) in [5.74, 6) is -0.917. The van der Waals surface area contributed by atoms with Crippen molar-refractivity contribution in [2.75, 3.05) is 5.33 Å². The van der Waals surface area contributed by atoms with E-state index in [1.54, 1.807) is 6.07 Å². The van der Waals surface area contributed by atoms with Crippen LogP contribution in [0, 0.1) is 17.0 Å². The van der Waals surface area contributed by atoms with Gasteiger partial charge in [-0.1, -0.05) is 28.4 Å². The highest BCUT2D eigenvalue weighted by molar-refractivity contribution is 9.09. The summed E-state index contributed by atoms with van der Waals surface area (Å²) in [4.78, 5) is 0. The summed E-state index contributed by atoms with van der Waals surface area (Å²) >= 11 is 3.48. The van der Waals surface area contributed by atoms with Crippen LogP contribution in [0.15, 0.2) is 18.2 Å². The molecule has 82 valence electrons. The van der Waals surface area contributed by atoms with Crippen LogP contribution in [0.5, 0.6) is 0 Å². The van der Waals surface area contributed by atoms with Crippen LogP contribution < -0.4 is 0 Å². The largest absolute Gasteiger partial charge is 0.207 e. The quantitative estimate of drug-likeness (QED) is 0.729. The molecule has 0 amide bonds. The molecule has 0 aromatic heterocycles. The number of hydrogen-bond acceptors (Lipinski definition) is 0. The number of alkyl halides is 1. The molecular weight excluding hydrogens is 262 g/mol. The minimum atomic E-state index is -0.502. The predicted molar refractivity (Wildman–Crippen MR) is 60.1 cm³/mol. The molecule has 0 bridgehead atoms. The lowest BCUT2D eigenvalue weighted by Gasteiger charge is -2.40. The smallest absolute Gasteiger partial charge is 0.129 e. The fraction of sp³-hybridized carbons (Fsp3) is 0.500. The van der Waals surface area contributed by atoms with Gasteiger partial charge in [0.1, 0.15) is 11.6 Å². The van der Waals surface area contributed by atoms with Crippen LogP contribution in [0.3, 0.4) is 0 Å². The molecule has 0 saturated heterocycles. The monoisotopic (exact) mass is 274 g/mol. The Labute approximate surface area is 96.8 Å². The van der Waals surface area contributed by atoms with Gasteiger partial charge in [0.2, 0.25) is 0 Å². The number of hydrogen-bond donors (Lipinski definition) is 0. The van der Waals surface area contributed by atoms with Crippen LogP contribution in [-0.2, 0) is 6.42 Å². The maximum Gasteiger partial charge on any atom is 0.129 e. The second-order valence-electron chi connectivity index (χ2n) is 4.40. The fourth-order valence-electron chi connectivity index (χ4n) is 2.10. The summed E-state index contributed by atoms with van der Waals surface area (Å²) in [6.07, 6.45) is 4.20. The zero-order chi connectivity index (χ0) is 10.9. The van der Waals surface area contributed by atoms with E-state index in [1.807, 2.05) is 0 Å². The zero-order valence-corrected chi connectivity index (χ0v) is 9.99. The van der Waals surface area contributed by atoms with Crippen molar-refractivity contribution < 1.29 is 8.78 Å². The van der Waals surface area contributed by atoms with Crippen LogP contribution in [0.1, 0.15) is 24.8 Å². The summed E-state index contributed by atoms with van der Waals surface area (Å²) in [6, 6.07) is 3.86. The first-order chi connectivity index (χ1) is 7.15. The highest BCUT2D eigenvalue weighted by atomic mass is 79.9. The van der Waals surface area contributed by atoms with Crippen LogP contribution in [0.2, 0.25) is 0 Å². The van der Waals surface area contributed by atoms with E-state index in [1.165, 1.54) is 12.5 Å². The Morgan fingerprint density at radius 1 is 1.27 bits per heavy atom. The van der Waals surface area contributed by atoms with Crippen molar-refractivity contribution in [3.05, 3.63) is 35.4 Å². The van der Waals surface area contributed by atoms with Gasteiger partial charge < -0.3 is 0 Å². The van der Waals surface area contributed by atoms with Gasteiger partial charge in [0.25, 0.3) is 0 Å². The topological polar surface area (TPSA) is 0 Å². The highest BCUT2D eigenvalue weighted by Crippen LogP contribution is 2.45. The highest BCUT2D eigenvalue weighted by Gasteiger charge is 2.36. The molecule has 1 aliphatic carbocycles. The van der Waals surface area contributed by atoms with Crippen molar-refractivity contribution in [2.45, 2.75) is 25.7 Å². The van der Waals surface area contributed by atoms with E-state index < -0.39 is 11.6 Å². The second-order valence-corrected chi connectivity index (χ2v) is 4.96. The molecule has 1 aliphatic rings. The zero-order valence-electron chi connectivity index (χ0n) is 8.40. The van der Waals surface area contributed by atoms with Crippen molar-refractivity contribution in [2.24, 2.45) is 5.41 Å². The fourth-order valence-corrected chi connectivity index (χ4v) is 2.86. The Bertz CT molecular complexity index is 353. The van der Waals surface area contributed by atoms with Crippen molar-refractivity contribution in [3.8, 4) is 0 Å². The van der Waals surface area contributed by atoms with E-state index in [0.717, 1.165) is 24.2 Å². The summed E-state index contributed by atoms with van der Waals surface area (Å²) < 4.78 is 26.1. The van der Waals surface area contributed by atoms with Gasteiger partial charge in [-0.25, -0.2) is 8.78 Å². The molecule has 15 heavy (non-hydrogen) atoms. The molecule has 0 nitrogen and oxygen atoms in total. The molecule has 0 spiro atoms. The predicted octanol–water partition coefficient (Wildman–Crippen LogP) is 4.07. The first-order valence-electron chi connectivity index (χ1n) is 5.15.